The van der Waals surface area contributed by atoms with Gasteiger partial charge in [0, 0.05) is 18.1 Å². The van der Waals surface area contributed by atoms with Gasteiger partial charge in [0.2, 0.25) is 5.91 Å². The zero-order chi connectivity index (χ0) is 17.8. The zero-order valence-electron chi connectivity index (χ0n) is 14.7. The fourth-order valence-corrected chi connectivity index (χ4v) is 2.56. The highest BCUT2D eigenvalue weighted by atomic mass is 35.5. The molecule has 0 atom stereocenters. The van der Waals surface area contributed by atoms with E-state index in [0.717, 1.165) is 31.2 Å². The number of amides is 1. The summed E-state index contributed by atoms with van der Waals surface area (Å²) in [5, 5.41) is 0.657. The predicted octanol–water partition coefficient (Wildman–Crippen LogP) is 4.24. The van der Waals surface area contributed by atoms with Crippen molar-refractivity contribution in [3.05, 3.63) is 34.9 Å². The monoisotopic (exact) mass is 353 g/mol. The van der Waals surface area contributed by atoms with Crippen molar-refractivity contribution in [2.24, 2.45) is 0 Å². The molecule has 0 N–H and O–H groups in total. The van der Waals surface area contributed by atoms with Crippen LogP contribution in [0, 0.1) is 0 Å². The molecule has 134 valence electrons. The minimum Gasteiger partial charge on any atom is -0.466 e. The van der Waals surface area contributed by atoms with Gasteiger partial charge in [0.15, 0.2) is 0 Å². The van der Waals surface area contributed by atoms with Crippen LogP contribution < -0.4 is 0 Å². The molecular weight excluding hydrogens is 326 g/mol. The second kappa shape index (κ2) is 11.9. The highest BCUT2D eigenvalue weighted by Crippen LogP contribution is 2.12. The van der Waals surface area contributed by atoms with Crippen LogP contribution in [0.4, 0.5) is 0 Å². The van der Waals surface area contributed by atoms with Gasteiger partial charge in [-0.25, -0.2) is 0 Å². The Morgan fingerprint density at radius 2 is 1.75 bits per heavy atom. The van der Waals surface area contributed by atoms with Crippen LogP contribution in [-0.2, 0) is 20.7 Å². The Balaban J connectivity index is 2.58. The van der Waals surface area contributed by atoms with Crippen molar-refractivity contribution in [1.29, 1.82) is 0 Å². The van der Waals surface area contributed by atoms with Gasteiger partial charge in [0.1, 0.15) is 0 Å². The smallest absolute Gasteiger partial charge is 0.307 e. The second-order valence-electron chi connectivity index (χ2n) is 5.80. The van der Waals surface area contributed by atoms with Crippen molar-refractivity contribution in [3.8, 4) is 0 Å². The lowest BCUT2D eigenvalue weighted by molar-refractivity contribution is -0.144. The minimum atomic E-state index is -0.254. The van der Waals surface area contributed by atoms with E-state index in [1.807, 2.05) is 12.1 Å². The maximum absolute atomic E-state index is 12.6. The molecule has 0 saturated carbocycles. The number of halogens is 1. The third-order valence-corrected chi connectivity index (χ3v) is 4.05. The van der Waals surface area contributed by atoms with E-state index in [1.54, 1.807) is 24.0 Å². The van der Waals surface area contributed by atoms with E-state index in [9.17, 15) is 9.59 Å². The van der Waals surface area contributed by atoms with E-state index < -0.39 is 0 Å². The topological polar surface area (TPSA) is 46.6 Å². The third kappa shape index (κ3) is 8.34. The van der Waals surface area contributed by atoms with Crippen LogP contribution in [0.15, 0.2) is 24.3 Å². The summed E-state index contributed by atoms with van der Waals surface area (Å²) in [5.74, 6) is -0.214. The summed E-state index contributed by atoms with van der Waals surface area (Å²) >= 11 is 5.88. The van der Waals surface area contributed by atoms with Gasteiger partial charge in [-0.05, 0) is 31.0 Å². The number of benzene rings is 1. The summed E-state index contributed by atoms with van der Waals surface area (Å²) in [5.41, 5.74) is 0.930. The van der Waals surface area contributed by atoms with Crippen molar-refractivity contribution in [2.75, 3.05) is 19.7 Å². The second-order valence-corrected chi connectivity index (χ2v) is 6.24. The summed E-state index contributed by atoms with van der Waals surface area (Å²) in [7, 11) is 0. The van der Waals surface area contributed by atoms with Gasteiger partial charge < -0.3 is 9.64 Å². The van der Waals surface area contributed by atoms with E-state index in [0.29, 0.717) is 31.1 Å². The first-order chi connectivity index (χ1) is 11.6. The zero-order valence-corrected chi connectivity index (χ0v) is 15.5. The highest BCUT2D eigenvalue weighted by Gasteiger charge is 2.15. The first kappa shape index (κ1) is 20.5. The molecule has 0 spiro atoms. The van der Waals surface area contributed by atoms with Crippen LogP contribution in [0.1, 0.15) is 51.5 Å². The lowest BCUT2D eigenvalue weighted by Crippen LogP contribution is -2.35. The van der Waals surface area contributed by atoms with E-state index in [-0.39, 0.29) is 18.3 Å². The van der Waals surface area contributed by atoms with Crippen molar-refractivity contribution in [1.82, 2.24) is 4.90 Å². The molecule has 0 radical (unpaired) electrons. The largest absolute Gasteiger partial charge is 0.466 e. The third-order valence-electron chi connectivity index (χ3n) is 3.79. The van der Waals surface area contributed by atoms with Crippen LogP contribution in [0.5, 0.6) is 0 Å². The lowest BCUT2D eigenvalue weighted by atomic mass is 10.1. The fourth-order valence-electron chi connectivity index (χ4n) is 2.44. The minimum absolute atomic E-state index is 0.0399. The Hall–Kier alpha value is -1.55. The number of hydrogen-bond acceptors (Lipinski definition) is 3. The number of carbonyl (C=O) groups is 2. The van der Waals surface area contributed by atoms with Crippen LogP contribution in [0.3, 0.4) is 0 Å². The van der Waals surface area contributed by atoms with Gasteiger partial charge in [0.05, 0.1) is 19.4 Å². The van der Waals surface area contributed by atoms with Crippen molar-refractivity contribution in [2.45, 2.75) is 52.4 Å². The van der Waals surface area contributed by atoms with Gasteiger partial charge in [-0.2, -0.15) is 0 Å². The van der Waals surface area contributed by atoms with Crippen LogP contribution in [-0.4, -0.2) is 36.5 Å². The summed E-state index contributed by atoms with van der Waals surface area (Å²) in [4.78, 5) is 25.9. The first-order valence-electron chi connectivity index (χ1n) is 8.74. The Labute approximate surface area is 150 Å². The van der Waals surface area contributed by atoms with Gasteiger partial charge in [-0.3, -0.25) is 9.59 Å². The van der Waals surface area contributed by atoms with Crippen LogP contribution >= 0.6 is 11.6 Å². The van der Waals surface area contributed by atoms with Crippen LogP contribution in [0.25, 0.3) is 0 Å². The van der Waals surface area contributed by atoms with Gasteiger partial charge in [0.25, 0.3) is 0 Å². The molecule has 0 heterocycles. The Kier molecular flexibility index (Phi) is 10.2. The molecule has 0 fully saturated rings. The first-order valence-corrected chi connectivity index (χ1v) is 9.12. The molecule has 5 heteroatoms. The molecule has 0 aliphatic heterocycles. The SMILES string of the molecule is CCCCCCN(CCC(=O)OCC)C(=O)Cc1ccc(Cl)cc1. The van der Waals surface area contributed by atoms with Gasteiger partial charge >= 0.3 is 5.97 Å². The quantitative estimate of drug-likeness (QED) is 0.441. The standard InChI is InChI=1S/C19H28ClNO3/c1-3-5-6-7-13-21(14-12-19(23)24-4-2)18(22)15-16-8-10-17(20)11-9-16/h8-11H,3-7,12-15H2,1-2H3. The van der Waals surface area contributed by atoms with Gasteiger partial charge in [-0.1, -0.05) is 49.9 Å². The number of rotatable bonds is 11. The molecule has 1 aromatic carbocycles. The normalized spacial score (nSPS) is 10.5. The van der Waals surface area contributed by atoms with E-state index in [4.69, 9.17) is 16.3 Å². The Morgan fingerprint density at radius 3 is 2.38 bits per heavy atom. The van der Waals surface area contributed by atoms with E-state index >= 15 is 0 Å². The molecule has 4 nitrogen and oxygen atoms in total. The molecule has 0 unspecified atom stereocenters. The lowest BCUT2D eigenvalue weighted by Gasteiger charge is -2.22. The van der Waals surface area contributed by atoms with Gasteiger partial charge in [-0.15, -0.1) is 0 Å². The number of esters is 1. The summed E-state index contributed by atoms with van der Waals surface area (Å²) < 4.78 is 4.95. The Bertz CT molecular complexity index is 502. The maximum atomic E-state index is 12.6. The number of carbonyl (C=O) groups excluding carboxylic acids is 2. The Morgan fingerprint density at radius 1 is 1.04 bits per heavy atom. The number of ether oxygens (including phenoxy) is 1. The van der Waals surface area contributed by atoms with Crippen molar-refractivity contribution in [3.63, 3.8) is 0 Å². The van der Waals surface area contributed by atoms with Crippen molar-refractivity contribution < 1.29 is 14.3 Å². The molecule has 1 rings (SSSR count). The summed E-state index contributed by atoms with van der Waals surface area (Å²) in [6.07, 6.45) is 4.95. The molecule has 1 aromatic rings. The molecule has 24 heavy (non-hydrogen) atoms. The number of unbranched alkanes of at least 4 members (excludes halogenated alkanes) is 3. The summed E-state index contributed by atoms with van der Waals surface area (Å²) in [6.45, 7) is 5.41. The fraction of sp³-hybridized carbons (Fsp3) is 0.579. The van der Waals surface area contributed by atoms with Crippen molar-refractivity contribution >= 4 is 23.5 Å². The molecular formula is C19H28ClNO3. The number of nitrogens with zero attached hydrogens (tertiary/aromatic N) is 1. The molecule has 0 saturated heterocycles. The van der Waals surface area contributed by atoms with Crippen LogP contribution in [0.2, 0.25) is 5.02 Å². The molecule has 0 aliphatic rings. The molecule has 0 bridgehead atoms. The van der Waals surface area contributed by atoms with E-state index in [1.165, 1.54) is 0 Å². The average Bonchev–Trinajstić information content (AvgIpc) is 2.56. The molecule has 1 amide bonds. The maximum Gasteiger partial charge on any atom is 0.307 e. The average molecular weight is 354 g/mol. The molecule has 0 aliphatic carbocycles. The summed E-state index contributed by atoms with van der Waals surface area (Å²) in [6, 6.07) is 7.30. The predicted molar refractivity (Wildman–Crippen MR) is 97.1 cm³/mol. The van der Waals surface area contributed by atoms with E-state index in [2.05, 4.69) is 6.92 Å². The number of hydrogen-bond donors (Lipinski definition) is 0. The highest BCUT2D eigenvalue weighted by molar-refractivity contribution is 6.30. The molecule has 0 aromatic heterocycles.